The summed E-state index contributed by atoms with van der Waals surface area (Å²) in [7, 11) is -1.59. The summed E-state index contributed by atoms with van der Waals surface area (Å²) >= 11 is 0. The molecule has 45 heavy (non-hydrogen) atoms. The van der Waals surface area contributed by atoms with Gasteiger partial charge in [0, 0.05) is 67.1 Å². The maximum atomic E-state index is 14.7. The minimum absolute atomic E-state index is 0.00239. The number of alkyl halides is 1. The van der Waals surface area contributed by atoms with Gasteiger partial charge in [-0.2, -0.15) is 4.98 Å². The van der Waals surface area contributed by atoms with Gasteiger partial charge in [-0.25, -0.2) is 22.8 Å². The van der Waals surface area contributed by atoms with E-state index in [9.17, 15) is 17.6 Å². The minimum atomic E-state index is -3.12. The number of pyridine rings is 1. The molecular weight excluding hydrogens is 597 g/mol. The molecule has 2 aromatic heterocycles. The van der Waals surface area contributed by atoms with Crippen molar-refractivity contribution in [3.05, 3.63) is 48.8 Å². The van der Waals surface area contributed by atoms with Crippen molar-refractivity contribution in [2.24, 2.45) is 5.92 Å². The van der Waals surface area contributed by atoms with Gasteiger partial charge in [0.1, 0.15) is 27.6 Å². The van der Waals surface area contributed by atoms with E-state index in [1.165, 1.54) is 19.4 Å². The van der Waals surface area contributed by atoms with Gasteiger partial charge in [-0.05, 0) is 61.4 Å². The first kappa shape index (κ1) is 32.6. The first-order chi connectivity index (χ1) is 21.3. The second-order valence-electron chi connectivity index (χ2n) is 12.5. The summed E-state index contributed by atoms with van der Waals surface area (Å²) < 4.78 is 44.0. The molecule has 0 aliphatic carbocycles. The van der Waals surface area contributed by atoms with Crippen molar-refractivity contribution >= 4 is 55.5 Å². The quantitative estimate of drug-likeness (QED) is 0.298. The second kappa shape index (κ2) is 12.9. The van der Waals surface area contributed by atoms with E-state index < -0.39 is 22.1 Å². The van der Waals surface area contributed by atoms with Crippen LogP contribution < -0.4 is 20.4 Å². The largest absolute Gasteiger partial charge is 0.378 e. The number of nitrogens with zero attached hydrogens (tertiary/aromatic N) is 5. The van der Waals surface area contributed by atoms with E-state index in [1.807, 2.05) is 30.9 Å². The molecule has 5 atom stereocenters. The molecule has 4 heterocycles. The number of amides is 1. The number of hydrogen-bond donors (Lipinski definition) is 2. The predicted octanol–water partition coefficient (Wildman–Crippen LogP) is 4.84. The van der Waals surface area contributed by atoms with Gasteiger partial charge in [-0.1, -0.05) is 20.4 Å². The predicted molar refractivity (Wildman–Crippen MR) is 177 cm³/mol. The lowest BCUT2D eigenvalue weighted by Gasteiger charge is -2.48. The molecule has 2 saturated heterocycles. The maximum absolute atomic E-state index is 14.7. The van der Waals surface area contributed by atoms with Crippen molar-refractivity contribution < 1.29 is 22.3 Å². The molecule has 2 aliphatic heterocycles. The summed E-state index contributed by atoms with van der Waals surface area (Å²) in [5.74, 6) is 1.30. The van der Waals surface area contributed by atoms with Crippen LogP contribution in [0, 0.1) is 5.92 Å². The van der Waals surface area contributed by atoms with E-state index in [4.69, 9.17) is 9.72 Å². The van der Waals surface area contributed by atoms with Gasteiger partial charge in [0.25, 0.3) is 0 Å². The standard InChI is InChI=1S/C32H42FN7O4S/c1-8-30(41)36-25-13-26(40-15-21(20(40)5)17-45(7,42)43)23-14-35-29(12-22(23)31(25)18(2)3)37-28-9-10-34-32(38-28)39-16-24(33)27(44-6)11-19(39)4/h8-10,12-14,18-21,24,27H,1,11,15-17H2,2-7H3,(H,36,41)(H,34,35,37,38)/t19-,20-,21-,24+,27-/m1/s1. The van der Waals surface area contributed by atoms with Crippen molar-refractivity contribution in [1.29, 1.82) is 0 Å². The van der Waals surface area contributed by atoms with E-state index >= 15 is 0 Å². The molecule has 11 nitrogen and oxygen atoms in total. The number of piperidine rings is 1. The number of ether oxygens (including phenoxy) is 1. The van der Waals surface area contributed by atoms with E-state index in [2.05, 4.69) is 45.9 Å². The minimum Gasteiger partial charge on any atom is -0.378 e. The fourth-order valence-corrected chi connectivity index (χ4v) is 7.59. The van der Waals surface area contributed by atoms with Crippen LogP contribution in [-0.4, -0.2) is 85.8 Å². The third kappa shape index (κ3) is 6.89. The van der Waals surface area contributed by atoms with Crippen molar-refractivity contribution in [1.82, 2.24) is 15.0 Å². The van der Waals surface area contributed by atoms with Crippen LogP contribution in [0.15, 0.2) is 43.2 Å². The van der Waals surface area contributed by atoms with E-state index in [0.717, 1.165) is 22.0 Å². The molecule has 0 spiro atoms. The Morgan fingerprint density at radius 2 is 1.93 bits per heavy atom. The zero-order valence-electron chi connectivity index (χ0n) is 26.6. The lowest BCUT2D eigenvalue weighted by molar-refractivity contribution is -0.111. The third-order valence-electron chi connectivity index (χ3n) is 8.83. The number of benzene rings is 1. The Labute approximate surface area is 264 Å². The highest BCUT2D eigenvalue weighted by molar-refractivity contribution is 7.90. The van der Waals surface area contributed by atoms with Gasteiger partial charge < -0.3 is 25.2 Å². The Bertz CT molecular complexity index is 1700. The SMILES string of the molecule is C=CC(=O)Nc1cc(N2C[C@H](CS(C)(=O)=O)[C@H]2C)c2cnc(Nc3ccnc(N4C[C@H](F)[C@H](OC)C[C@H]4C)n3)cc2c1C(C)C. The number of nitrogens with one attached hydrogen (secondary N) is 2. The van der Waals surface area contributed by atoms with Gasteiger partial charge in [-0.3, -0.25) is 4.79 Å². The molecule has 2 N–H and O–H groups in total. The molecule has 0 radical (unpaired) electrons. The van der Waals surface area contributed by atoms with Crippen LogP contribution in [0.4, 0.5) is 33.3 Å². The summed E-state index contributed by atoms with van der Waals surface area (Å²) in [6.45, 7) is 12.5. The maximum Gasteiger partial charge on any atom is 0.247 e. The van der Waals surface area contributed by atoms with Crippen LogP contribution in [0.25, 0.3) is 10.8 Å². The number of carbonyl (C=O) groups is 1. The Balaban J connectivity index is 1.51. The normalized spacial score (nSPS) is 23.6. The summed E-state index contributed by atoms with van der Waals surface area (Å²) in [6.07, 6.45) is 4.85. The van der Waals surface area contributed by atoms with Gasteiger partial charge in [-0.15, -0.1) is 0 Å². The van der Waals surface area contributed by atoms with Gasteiger partial charge in [0.05, 0.1) is 18.4 Å². The van der Waals surface area contributed by atoms with E-state index in [-0.39, 0.29) is 42.1 Å². The van der Waals surface area contributed by atoms with Crippen LogP contribution >= 0.6 is 0 Å². The van der Waals surface area contributed by atoms with E-state index in [1.54, 1.807) is 18.5 Å². The number of anilines is 5. The number of aromatic nitrogens is 3. The molecule has 0 saturated carbocycles. The number of rotatable bonds is 10. The number of methoxy groups -OCH3 is 1. The molecular formula is C32H42FN7O4S. The lowest BCUT2D eigenvalue weighted by Crippen LogP contribution is -2.57. The van der Waals surface area contributed by atoms with Crippen molar-refractivity contribution in [2.45, 2.75) is 64.4 Å². The summed E-state index contributed by atoms with van der Waals surface area (Å²) in [4.78, 5) is 30.3. The van der Waals surface area contributed by atoms with Crippen LogP contribution in [0.2, 0.25) is 0 Å². The Kier molecular flexibility index (Phi) is 9.31. The molecule has 2 aliphatic rings. The number of fused-ring (bicyclic) bond motifs is 1. The molecule has 0 bridgehead atoms. The monoisotopic (exact) mass is 639 g/mol. The fourth-order valence-electron chi connectivity index (χ4n) is 6.43. The number of sulfone groups is 1. The first-order valence-electron chi connectivity index (χ1n) is 15.2. The van der Waals surface area contributed by atoms with Crippen molar-refractivity contribution in [3.63, 3.8) is 0 Å². The Morgan fingerprint density at radius 3 is 2.58 bits per heavy atom. The molecule has 2 fully saturated rings. The zero-order chi connectivity index (χ0) is 32.6. The van der Waals surface area contributed by atoms with Gasteiger partial charge in [0.15, 0.2) is 0 Å². The third-order valence-corrected chi connectivity index (χ3v) is 9.87. The molecule has 0 unspecified atom stereocenters. The highest BCUT2D eigenvalue weighted by Crippen LogP contribution is 2.43. The van der Waals surface area contributed by atoms with Gasteiger partial charge in [0.2, 0.25) is 11.9 Å². The smallest absolute Gasteiger partial charge is 0.247 e. The zero-order valence-corrected chi connectivity index (χ0v) is 27.4. The Morgan fingerprint density at radius 1 is 1.18 bits per heavy atom. The first-order valence-corrected chi connectivity index (χ1v) is 17.2. The average Bonchev–Trinajstić information content (AvgIpc) is 2.98. The van der Waals surface area contributed by atoms with Crippen LogP contribution in [0.5, 0.6) is 0 Å². The fraction of sp³-hybridized carbons (Fsp3) is 0.500. The molecule has 242 valence electrons. The van der Waals surface area contributed by atoms with Crippen molar-refractivity contribution in [2.75, 3.05) is 52.6 Å². The van der Waals surface area contributed by atoms with Crippen LogP contribution in [-0.2, 0) is 19.4 Å². The summed E-state index contributed by atoms with van der Waals surface area (Å²) in [6, 6.07) is 5.58. The molecule has 1 aromatic carbocycles. The topological polar surface area (TPSA) is 130 Å². The molecule has 13 heteroatoms. The number of halogens is 1. The highest BCUT2D eigenvalue weighted by atomic mass is 32.2. The molecule has 3 aromatic rings. The van der Waals surface area contributed by atoms with Gasteiger partial charge >= 0.3 is 0 Å². The van der Waals surface area contributed by atoms with Crippen LogP contribution in [0.3, 0.4) is 0 Å². The Hall–Kier alpha value is -3.84. The summed E-state index contributed by atoms with van der Waals surface area (Å²) in [5, 5.41) is 8.05. The van der Waals surface area contributed by atoms with Crippen LogP contribution in [0.1, 0.15) is 45.6 Å². The lowest BCUT2D eigenvalue weighted by atomic mass is 9.88. The summed E-state index contributed by atoms with van der Waals surface area (Å²) in [5.41, 5.74) is 2.46. The van der Waals surface area contributed by atoms with E-state index in [0.29, 0.717) is 36.2 Å². The van der Waals surface area contributed by atoms with Crippen molar-refractivity contribution in [3.8, 4) is 0 Å². The highest BCUT2D eigenvalue weighted by Gasteiger charge is 2.39. The molecule has 1 amide bonds. The average molecular weight is 640 g/mol. The number of hydrogen-bond acceptors (Lipinski definition) is 10. The number of carbonyl (C=O) groups excluding carboxylic acids is 1. The second-order valence-corrected chi connectivity index (χ2v) is 14.6. The molecule has 5 rings (SSSR count).